The number of ether oxygens (including phenoxy) is 1. The van der Waals surface area contributed by atoms with Crippen molar-refractivity contribution in [1.29, 1.82) is 5.26 Å². The van der Waals surface area contributed by atoms with Crippen LogP contribution in [0.4, 0.5) is 16.3 Å². The van der Waals surface area contributed by atoms with Crippen molar-refractivity contribution in [3.8, 4) is 6.07 Å². The van der Waals surface area contributed by atoms with E-state index in [0.717, 1.165) is 92.6 Å². The van der Waals surface area contributed by atoms with Crippen LogP contribution in [0.1, 0.15) is 39.0 Å². The number of hydrogen-bond donors (Lipinski definition) is 0. The van der Waals surface area contributed by atoms with Gasteiger partial charge in [-0.05, 0) is 64.1 Å². The van der Waals surface area contributed by atoms with Crippen molar-refractivity contribution in [2.24, 2.45) is 0 Å². The van der Waals surface area contributed by atoms with Crippen LogP contribution in [0.25, 0.3) is 10.9 Å². The molecule has 2 aromatic heterocycles. The fourth-order valence-electron chi connectivity index (χ4n) is 6.84. The molecule has 0 unspecified atom stereocenters. The SMILES string of the molecule is C=C1CN(c2ccc(C#N)c3ncccc23)C[C@@H]2CN(CCc3cccc(N4CCN(C(=O)OC(C)(C)C)[C@@H](C)C4)n3)CCN12. The number of aromatic nitrogens is 2. The fraction of sp³-hybridized carbons (Fsp3) is 0.486. The van der Waals surface area contributed by atoms with Gasteiger partial charge in [0.15, 0.2) is 0 Å². The van der Waals surface area contributed by atoms with Gasteiger partial charge in [-0.25, -0.2) is 9.78 Å². The molecule has 10 heteroatoms. The third kappa shape index (κ3) is 6.69. The molecule has 3 aliphatic rings. The smallest absolute Gasteiger partial charge is 0.410 e. The first-order valence-corrected chi connectivity index (χ1v) is 16.0. The van der Waals surface area contributed by atoms with E-state index in [1.807, 2.05) is 37.8 Å². The Bertz CT molecular complexity index is 1610. The fourth-order valence-corrected chi connectivity index (χ4v) is 6.84. The van der Waals surface area contributed by atoms with Crippen molar-refractivity contribution < 1.29 is 9.53 Å². The van der Waals surface area contributed by atoms with Crippen LogP contribution in [-0.2, 0) is 11.2 Å². The number of amides is 1. The molecule has 3 aliphatic heterocycles. The Morgan fingerprint density at radius 3 is 2.67 bits per heavy atom. The Balaban J connectivity index is 1.07. The molecule has 1 aromatic carbocycles. The van der Waals surface area contributed by atoms with E-state index in [2.05, 4.69) is 74.5 Å². The average molecular weight is 609 g/mol. The molecular weight excluding hydrogens is 564 g/mol. The highest BCUT2D eigenvalue weighted by atomic mass is 16.6. The molecule has 3 aromatic rings. The lowest BCUT2D eigenvalue weighted by atomic mass is 10.0. The zero-order valence-corrected chi connectivity index (χ0v) is 26.9. The summed E-state index contributed by atoms with van der Waals surface area (Å²) in [5.74, 6) is 0.969. The van der Waals surface area contributed by atoms with Crippen molar-refractivity contribution in [2.75, 3.05) is 68.7 Å². The number of anilines is 2. The number of hydrogen-bond acceptors (Lipinski definition) is 9. The standard InChI is InChI=1S/C35H44N8O2/c1-25-22-41(31-12-11-27(20-36)33-30(31)9-7-14-37-33)24-29-23-39(16-18-42(25)29)15-13-28-8-6-10-32(38-28)40-17-19-43(26(2)21-40)34(44)45-35(3,4)5/h6-12,14,26,29H,1,13,15-19,21-24H2,2-5H3/t26-,29-/m0/s1. The van der Waals surface area contributed by atoms with Crippen molar-refractivity contribution in [1.82, 2.24) is 24.7 Å². The largest absolute Gasteiger partial charge is 0.444 e. The first kappa shape index (κ1) is 30.7. The average Bonchev–Trinajstić information content (AvgIpc) is 3.02. The monoisotopic (exact) mass is 608 g/mol. The lowest BCUT2D eigenvalue weighted by Crippen LogP contribution is -2.61. The van der Waals surface area contributed by atoms with E-state index >= 15 is 0 Å². The van der Waals surface area contributed by atoms with E-state index in [1.165, 1.54) is 0 Å². The van der Waals surface area contributed by atoms with Crippen molar-refractivity contribution >= 4 is 28.5 Å². The number of nitrogens with zero attached hydrogens (tertiary/aromatic N) is 8. The van der Waals surface area contributed by atoms with Gasteiger partial charge in [-0.15, -0.1) is 0 Å². The van der Waals surface area contributed by atoms with Crippen LogP contribution >= 0.6 is 0 Å². The number of fused-ring (bicyclic) bond motifs is 2. The Kier molecular flexibility index (Phi) is 8.56. The molecule has 0 aliphatic carbocycles. The zero-order valence-electron chi connectivity index (χ0n) is 26.9. The van der Waals surface area contributed by atoms with Crippen LogP contribution in [-0.4, -0.2) is 107 Å². The summed E-state index contributed by atoms with van der Waals surface area (Å²) in [7, 11) is 0. The molecule has 0 bridgehead atoms. The first-order valence-electron chi connectivity index (χ1n) is 16.0. The molecule has 1 amide bonds. The van der Waals surface area contributed by atoms with Crippen molar-refractivity contribution in [3.63, 3.8) is 0 Å². The molecule has 6 rings (SSSR count). The van der Waals surface area contributed by atoms with E-state index in [9.17, 15) is 10.1 Å². The van der Waals surface area contributed by atoms with Crippen LogP contribution in [0.5, 0.6) is 0 Å². The molecule has 10 nitrogen and oxygen atoms in total. The Morgan fingerprint density at radius 2 is 1.89 bits per heavy atom. The van der Waals surface area contributed by atoms with Gasteiger partial charge in [0, 0.05) is 93.5 Å². The molecular formula is C35H44N8O2. The van der Waals surface area contributed by atoms with Gasteiger partial charge in [-0.3, -0.25) is 9.88 Å². The zero-order chi connectivity index (χ0) is 31.7. The van der Waals surface area contributed by atoms with Crippen molar-refractivity contribution in [2.45, 2.75) is 51.8 Å². The highest BCUT2D eigenvalue weighted by Crippen LogP contribution is 2.32. The number of nitriles is 1. The number of piperazine rings is 3. The van der Waals surface area contributed by atoms with Gasteiger partial charge >= 0.3 is 6.09 Å². The van der Waals surface area contributed by atoms with Crippen LogP contribution < -0.4 is 9.80 Å². The highest BCUT2D eigenvalue weighted by molar-refractivity contribution is 5.95. The highest BCUT2D eigenvalue weighted by Gasteiger charge is 2.35. The second-order valence-electron chi connectivity index (χ2n) is 13.4. The van der Waals surface area contributed by atoms with E-state index < -0.39 is 5.60 Å². The molecule has 5 heterocycles. The normalized spacial score (nSPS) is 21.1. The quantitative estimate of drug-likeness (QED) is 0.415. The molecule has 3 fully saturated rings. The van der Waals surface area contributed by atoms with Crippen LogP contribution in [0, 0.1) is 11.3 Å². The number of pyridine rings is 2. The van der Waals surface area contributed by atoms with Gasteiger partial charge < -0.3 is 24.3 Å². The summed E-state index contributed by atoms with van der Waals surface area (Å²) < 4.78 is 5.61. The number of rotatable bonds is 5. The summed E-state index contributed by atoms with van der Waals surface area (Å²) >= 11 is 0. The van der Waals surface area contributed by atoms with Gasteiger partial charge in [0.25, 0.3) is 0 Å². The van der Waals surface area contributed by atoms with E-state index in [1.54, 1.807) is 6.20 Å². The summed E-state index contributed by atoms with van der Waals surface area (Å²) in [5.41, 5.74) is 4.19. The minimum absolute atomic E-state index is 0.0405. The van der Waals surface area contributed by atoms with Gasteiger partial charge in [0.05, 0.1) is 23.7 Å². The van der Waals surface area contributed by atoms with E-state index in [0.29, 0.717) is 18.2 Å². The molecule has 3 saturated heterocycles. The maximum absolute atomic E-state index is 12.7. The molecule has 0 radical (unpaired) electrons. The topological polar surface area (TPSA) is 92.1 Å². The predicted molar refractivity (Wildman–Crippen MR) is 177 cm³/mol. The summed E-state index contributed by atoms with van der Waals surface area (Å²) in [5, 5.41) is 10.6. The number of carbonyl (C=O) groups is 1. The molecule has 236 valence electrons. The second kappa shape index (κ2) is 12.6. The van der Waals surface area contributed by atoms with Gasteiger partial charge in [0.1, 0.15) is 17.5 Å². The number of benzene rings is 1. The van der Waals surface area contributed by atoms with E-state index in [4.69, 9.17) is 9.72 Å². The summed E-state index contributed by atoms with van der Waals surface area (Å²) in [6.45, 7) is 19.8. The van der Waals surface area contributed by atoms with Crippen LogP contribution in [0.2, 0.25) is 0 Å². The molecule has 2 atom stereocenters. The van der Waals surface area contributed by atoms with Gasteiger partial charge in [-0.1, -0.05) is 12.6 Å². The molecule has 0 N–H and O–H groups in total. The van der Waals surface area contributed by atoms with Crippen LogP contribution in [0.15, 0.2) is 60.9 Å². The number of carbonyl (C=O) groups excluding carboxylic acids is 1. The second-order valence-corrected chi connectivity index (χ2v) is 13.4. The molecule has 0 spiro atoms. The summed E-state index contributed by atoms with van der Waals surface area (Å²) in [6.07, 6.45) is 2.38. The van der Waals surface area contributed by atoms with Crippen molar-refractivity contribution in [3.05, 3.63) is 72.2 Å². The van der Waals surface area contributed by atoms with E-state index in [-0.39, 0.29) is 12.1 Å². The Labute approximate surface area is 266 Å². The third-order valence-electron chi connectivity index (χ3n) is 9.04. The molecule has 45 heavy (non-hydrogen) atoms. The minimum Gasteiger partial charge on any atom is -0.444 e. The lowest BCUT2D eigenvalue weighted by molar-refractivity contribution is 0.0158. The van der Waals surface area contributed by atoms with Crippen LogP contribution in [0.3, 0.4) is 0 Å². The lowest BCUT2D eigenvalue weighted by Gasteiger charge is -2.50. The summed E-state index contributed by atoms with van der Waals surface area (Å²) in [4.78, 5) is 33.7. The minimum atomic E-state index is -0.502. The first-order chi connectivity index (χ1) is 21.6. The van der Waals surface area contributed by atoms with Gasteiger partial charge in [0.2, 0.25) is 0 Å². The summed E-state index contributed by atoms with van der Waals surface area (Å²) in [6, 6.07) is 16.9. The Morgan fingerprint density at radius 1 is 1.04 bits per heavy atom. The molecule has 0 saturated carbocycles. The Hall–Kier alpha value is -4.36. The third-order valence-corrected chi connectivity index (χ3v) is 9.04. The predicted octanol–water partition coefficient (Wildman–Crippen LogP) is 4.51. The maximum Gasteiger partial charge on any atom is 0.410 e. The van der Waals surface area contributed by atoms with Gasteiger partial charge in [-0.2, -0.15) is 5.26 Å². The maximum atomic E-state index is 12.7.